The van der Waals surface area contributed by atoms with Gasteiger partial charge in [-0.1, -0.05) is 0 Å². The van der Waals surface area contributed by atoms with Crippen LogP contribution in [0.4, 0.5) is 0 Å². The molecule has 128 valence electrons. The number of carbonyl (C=O) groups is 1. The van der Waals surface area contributed by atoms with Crippen LogP contribution in [-0.4, -0.2) is 40.9 Å². The van der Waals surface area contributed by atoms with Gasteiger partial charge in [0.05, 0.1) is 0 Å². The Morgan fingerprint density at radius 2 is 2.25 bits per heavy atom. The highest BCUT2D eigenvalue weighted by atomic mass is 32.2. The maximum Gasteiger partial charge on any atom is 0.248 e. The van der Waals surface area contributed by atoms with E-state index in [4.69, 9.17) is 5.73 Å². The van der Waals surface area contributed by atoms with Gasteiger partial charge >= 0.3 is 0 Å². The van der Waals surface area contributed by atoms with Gasteiger partial charge in [0, 0.05) is 41.3 Å². The number of carbonyl (C=O) groups excluding carboxylic acids is 1. The molecule has 6 heteroatoms. The number of nitrogens with two attached hydrogens (primary N) is 1. The van der Waals surface area contributed by atoms with Crippen molar-refractivity contribution < 1.29 is 4.79 Å². The van der Waals surface area contributed by atoms with Crippen molar-refractivity contribution in [3.63, 3.8) is 0 Å². The smallest absolute Gasteiger partial charge is 0.248 e. The van der Waals surface area contributed by atoms with Crippen molar-refractivity contribution in [1.29, 1.82) is 0 Å². The zero-order valence-electron chi connectivity index (χ0n) is 13.9. The van der Waals surface area contributed by atoms with Crippen LogP contribution < -0.4 is 11.2 Å². The number of aromatic amines is 1. The summed E-state index contributed by atoms with van der Waals surface area (Å²) in [4.78, 5) is 29.4. The number of nitrogens with zero attached hydrogens (tertiary/aromatic N) is 1. The van der Waals surface area contributed by atoms with Crippen molar-refractivity contribution >= 4 is 28.6 Å². The van der Waals surface area contributed by atoms with E-state index in [-0.39, 0.29) is 5.43 Å². The van der Waals surface area contributed by atoms with Gasteiger partial charge in [0.1, 0.15) is 0 Å². The number of nitrogens with one attached hydrogen (secondary N) is 1. The summed E-state index contributed by atoms with van der Waals surface area (Å²) in [5.74, 6) is 1.41. The highest BCUT2D eigenvalue weighted by molar-refractivity contribution is 7.98. The van der Waals surface area contributed by atoms with Gasteiger partial charge in [-0.3, -0.25) is 14.5 Å². The van der Waals surface area contributed by atoms with Crippen LogP contribution in [0.2, 0.25) is 0 Å². The number of hydrogen-bond donors (Lipinski definition) is 2. The van der Waals surface area contributed by atoms with Crippen LogP contribution in [0.15, 0.2) is 29.1 Å². The minimum Gasteiger partial charge on any atom is -0.366 e. The first-order valence-corrected chi connectivity index (χ1v) is 9.63. The van der Waals surface area contributed by atoms with Crippen LogP contribution >= 0.6 is 11.8 Å². The van der Waals surface area contributed by atoms with Crippen molar-refractivity contribution in [2.24, 2.45) is 11.7 Å². The number of thioether (sulfide) groups is 1. The normalized spacial score (nSPS) is 18.8. The molecule has 0 radical (unpaired) electrons. The van der Waals surface area contributed by atoms with Crippen molar-refractivity contribution in [3.8, 4) is 0 Å². The summed E-state index contributed by atoms with van der Waals surface area (Å²) in [7, 11) is 0. The van der Waals surface area contributed by atoms with E-state index in [0.717, 1.165) is 36.8 Å². The molecule has 3 rings (SSSR count). The fourth-order valence-electron chi connectivity index (χ4n) is 3.45. The van der Waals surface area contributed by atoms with Crippen LogP contribution in [0.25, 0.3) is 10.9 Å². The van der Waals surface area contributed by atoms with Crippen LogP contribution in [0, 0.1) is 5.92 Å². The molecule has 2 aromatic rings. The molecule has 24 heavy (non-hydrogen) atoms. The third-order valence-corrected chi connectivity index (χ3v) is 5.37. The molecular formula is C18H23N3O2S. The third kappa shape index (κ3) is 3.82. The highest BCUT2D eigenvalue weighted by Crippen LogP contribution is 2.21. The summed E-state index contributed by atoms with van der Waals surface area (Å²) >= 11 is 1.90. The van der Waals surface area contributed by atoms with Gasteiger partial charge in [0.25, 0.3) is 0 Å². The minimum absolute atomic E-state index is 0.0699. The number of H-pyrrole nitrogens is 1. The zero-order valence-corrected chi connectivity index (χ0v) is 14.7. The van der Waals surface area contributed by atoms with E-state index >= 15 is 0 Å². The number of hydrogen-bond acceptors (Lipinski definition) is 4. The van der Waals surface area contributed by atoms with Crippen molar-refractivity contribution in [2.75, 3.05) is 25.1 Å². The monoisotopic (exact) mass is 345 g/mol. The Morgan fingerprint density at radius 3 is 3.00 bits per heavy atom. The fraction of sp³-hybridized carbons (Fsp3) is 0.444. The number of pyridine rings is 1. The molecule has 3 N–H and O–H groups in total. The number of benzene rings is 1. The van der Waals surface area contributed by atoms with E-state index in [1.165, 1.54) is 18.6 Å². The standard InChI is InChI=1S/C18H23N3O2S/c1-24-11-12-3-2-6-21(9-12)10-14-8-17(22)15-7-13(18(19)23)4-5-16(15)20-14/h4-5,7-8,12H,2-3,6,9-11H2,1H3,(H2,19,23)(H,20,22). The summed E-state index contributed by atoms with van der Waals surface area (Å²) in [5.41, 5.74) is 7.25. The first-order valence-electron chi connectivity index (χ1n) is 8.24. The van der Waals surface area contributed by atoms with E-state index in [0.29, 0.717) is 10.9 Å². The summed E-state index contributed by atoms with van der Waals surface area (Å²) < 4.78 is 0. The van der Waals surface area contributed by atoms with E-state index < -0.39 is 5.91 Å². The molecule has 1 atom stereocenters. The van der Waals surface area contributed by atoms with Gasteiger partial charge in [-0.15, -0.1) is 0 Å². The van der Waals surface area contributed by atoms with Gasteiger partial charge in [-0.25, -0.2) is 0 Å². The SMILES string of the molecule is CSCC1CCCN(Cc2cc(=O)c3cc(C(N)=O)ccc3[nH]2)C1. The molecule has 5 nitrogen and oxygen atoms in total. The Hall–Kier alpha value is -1.79. The molecule has 1 unspecified atom stereocenters. The van der Waals surface area contributed by atoms with Gasteiger partial charge in [0.2, 0.25) is 5.91 Å². The van der Waals surface area contributed by atoms with Gasteiger partial charge in [-0.2, -0.15) is 11.8 Å². The lowest BCUT2D eigenvalue weighted by Gasteiger charge is -2.32. The number of fused-ring (bicyclic) bond motifs is 1. The first-order chi connectivity index (χ1) is 11.6. The molecule has 1 fully saturated rings. The fourth-order valence-corrected chi connectivity index (χ4v) is 4.19. The Bertz CT molecular complexity index is 800. The number of rotatable bonds is 5. The minimum atomic E-state index is -0.520. The second-order valence-electron chi connectivity index (χ2n) is 6.48. The van der Waals surface area contributed by atoms with Crippen LogP contribution in [0.3, 0.4) is 0 Å². The topological polar surface area (TPSA) is 79.2 Å². The Labute approximate surface area is 145 Å². The maximum absolute atomic E-state index is 12.4. The van der Waals surface area contributed by atoms with Gasteiger partial charge in [-0.05, 0) is 55.5 Å². The Morgan fingerprint density at radius 1 is 1.42 bits per heavy atom. The molecule has 1 aliphatic rings. The molecular weight excluding hydrogens is 322 g/mol. The van der Waals surface area contributed by atoms with E-state index in [1.54, 1.807) is 24.3 Å². The average molecular weight is 345 g/mol. The number of amides is 1. The summed E-state index contributed by atoms with van der Waals surface area (Å²) in [6, 6.07) is 6.62. The summed E-state index contributed by atoms with van der Waals surface area (Å²) in [5, 5.41) is 0.508. The second kappa shape index (κ2) is 7.40. The summed E-state index contributed by atoms with van der Waals surface area (Å²) in [6.07, 6.45) is 4.66. The van der Waals surface area contributed by atoms with E-state index in [2.05, 4.69) is 16.1 Å². The quantitative estimate of drug-likeness (QED) is 0.871. The second-order valence-corrected chi connectivity index (χ2v) is 7.39. The largest absolute Gasteiger partial charge is 0.366 e. The number of aromatic nitrogens is 1. The average Bonchev–Trinajstić information content (AvgIpc) is 2.55. The molecule has 0 spiro atoms. The van der Waals surface area contributed by atoms with Crippen molar-refractivity contribution in [3.05, 3.63) is 45.7 Å². The van der Waals surface area contributed by atoms with Crippen molar-refractivity contribution in [1.82, 2.24) is 9.88 Å². The van der Waals surface area contributed by atoms with Crippen molar-refractivity contribution in [2.45, 2.75) is 19.4 Å². The maximum atomic E-state index is 12.4. The molecule has 1 saturated heterocycles. The predicted molar refractivity (Wildman–Crippen MR) is 99.5 cm³/mol. The zero-order chi connectivity index (χ0) is 17.1. The molecule has 1 aliphatic heterocycles. The molecule has 1 aromatic carbocycles. The van der Waals surface area contributed by atoms with Crippen LogP contribution in [0.1, 0.15) is 28.9 Å². The first kappa shape index (κ1) is 17.0. The van der Waals surface area contributed by atoms with Crippen LogP contribution in [0.5, 0.6) is 0 Å². The highest BCUT2D eigenvalue weighted by Gasteiger charge is 2.20. The molecule has 1 aromatic heterocycles. The lowest BCUT2D eigenvalue weighted by molar-refractivity contribution is 0.100. The lowest BCUT2D eigenvalue weighted by Crippen LogP contribution is -2.36. The summed E-state index contributed by atoms with van der Waals surface area (Å²) in [6.45, 7) is 2.92. The predicted octanol–water partition coefficient (Wildman–Crippen LogP) is 2.20. The van der Waals surface area contributed by atoms with E-state index in [1.807, 2.05) is 11.8 Å². The lowest BCUT2D eigenvalue weighted by atomic mass is 10.00. The van der Waals surface area contributed by atoms with E-state index in [9.17, 15) is 9.59 Å². The Kier molecular flexibility index (Phi) is 5.26. The number of primary amides is 1. The van der Waals surface area contributed by atoms with Crippen LogP contribution in [-0.2, 0) is 6.54 Å². The molecule has 0 bridgehead atoms. The molecule has 1 amide bonds. The third-order valence-electron chi connectivity index (χ3n) is 4.57. The molecule has 0 aliphatic carbocycles. The Balaban J connectivity index is 1.82. The number of piperidine rings is 1. The van der Waals surface area contributed by atoms with Gasteiger partial charge in [0.15, 0.2) is 5.43 Å². The molecule has 2 heterocycles. The number of likely N-dealkylation sites (tertiary alicyclic amines) is 1. The van der Waals surface area contributed by atoms with Gasteiger partial charge < -0.3 is 10.7 Å². The molecule has 0 saturated carbocycles.